The van der Waals surface area contributed by atoms with Crippen LogP contribution in [0, 0.1) is 47.3 Å². The summed E-state index contributed by atoms with van der Waals surface area (Å²) in [7, 11) is 0. The van der Waals surface area contributed by atoms with Gasteiger partial charge >= 0.3 is 5.97 Å². The zero-order valence-corrected chi connectivity index (χ0v) is 14.0. The number of fused-ring (bicyclic) bond motifs is 5. The molecule has 8 atom stereocenters. The minimum absolute atomic E-state index is 0.127. The highest BCUT2D eigenvalue weighted by atomic mass is 16.4. The molecule has 0 radical (unpaired) electrons. The van der Waals surface area contributed by atoms with E-state index in [9.17, 15) is 9.90 Å². The molecule has 1 N–H and O–H groups in total. The Morgan fingerprint density at radius 2 is 1.36 bits per heavy atom. The first-order valence-corrected chi connectivity index (χ1v) is 9.89. The fourth-order valence-electron chi connectivity index (χ4n) is 7.34. The SMILES string of the molecule is C[C@@H](C(=O)O)[C@H]1CCC2[C@@H]3CCC4CCCC[C@@H]4C3CC[C@@H]21. The highest BCUT2D eigenvalue weighted by Crippen LogP contribution is 2.59. The van der Waals surface area contributed by atoms with Crippen LogP contribution in [0.5, 0.6) is 0 Å². The second-order valence-corrected chi connectivity index (χ2v) is 8.89. The molecule has 0 amide bonds. The van der Waals surface area contributed by atoms with Gasteiger partial charge in [-0.25, -0.2) is 0 Å². The van der Waals surface area contributed by atoms with Crippen LogP contribution in [0.3, 0.4) is 0 Å². The number of rotatable bonds is 2. The molecule has 4 saturated carbocycles. The van der Waals surface area contributed by atoms with Gasteiger partial charge in [0.05, 0.1) is 5.92 Å². The van der Waals surface area contributed by atoms with Gasteiger partial charge in [-0.1, -0.05) is 26.2 Å². The smallest absolute Gasteiger partial charge is 0.306 e. The van der Waals surface area contributed by atoms with E-state index >= 15 is 0 Å². The molecule has 0 aromatic heterocycles. The Hall–Kier alpha value is -0.530. The molecular weight excluding hydrogens is 272 g/mol. The van der Waals surface area contributed by atoms with E-state index in [0.29, 0.717) is 5.92 Å². The van der Waals surface area contributed by atoms with Crippen molar-refractivity contribution in [3.05, 3.63) is 0 Å². The van der Waals surface area contributed by atoms with Gasteiger partial charge in [-0.05, 0) is 86.4 Å². The summed E-state index contributed by atoms with van der Waals surface area (Å²) in [6.45, 7) is 1.96. The fraction of sp³-hybridized carbons (Fsp3) is 0.950. The standard InChI is InChI=1S/C20H32O2/c1-12(20(21)22)14-8-9-19-16(14)10-11-17-15-5-3-2-4-13(15)6-7-18(17)19/h12-19H,2-11H2,1H3,(H,21,22)/t12-,13?,14-,15+,16-,17?,18-,19?/m1/s1. The van der Waals surface area contributed by atoms with Gasteiger partial charge in [-0.2, -0.15) is 0 Å². The van der Waals surface area contributed by atoms with Crippen molar-refractivity contribution in [3.63, 3.8) is 0 Å². The lowest BCUT2D eigenvalue weighted by Gasteiger charge is -2.52. The molecule has 0 bridgehead atoms. The van der Waals surface area contributed by atoms with Crippen molar-refractivity contribution < 1.29 is 9.90 Å². The predicted octanol–water partition coefficient (Wildman–Crippen LogP) is 4.98. The lowest BCUT2D eigenvalue weighted by Crippen LogP contribution is -2.44. The average molecular weight is 304 g/mol. The molecule has 0 saturated heterocycles. The maximum atomic E-state index is 11.4. The molecular formula is C20H32O2. The molecule has 2 nitrogen and oxygen atoms in total. The Morgan fingerprint density at radius 3 is 2.18 bits per heavy atom. The van der Waals surface area contributed by atoms with Crippen molar-refractivity contribution >= 4 is 5.97 Å². The van der Waals surface area contributed by atoms with E-state index in [1.807, 2.05) is 6.92 Å². The number of carbonyl (C=O) groups is 1. The van der Waals surface area contributed by atoms with Crippen molar-refractivity contribution in [2.24, 2.45) is 47.3 Å². The highest BCUT2D eigenvalue weighted by Gasteiger charge is 2.52. The third-order valence-corrected chi connectivity index (χ3v) is 8.29. The Kier molecular flexibility index (Phi) is 3.98. The van der Waals surface area contributed by atoms with E-state index in [1.54, 1.807) is 0 Å². The number of aliphatic carboxylic acids is 1. The largest absolute Gasteiger partial charge is 0.481 e. The normalized spacial score (nSPS) is 48.9. The quantitative estimate of drug-likeness (QED) is 0.781. The number of hydrogen-bond acceptors (Lipinski definition) is 1. The highest BCUT2D eigenvalue weighted by molar-refractivity contribution is 5.70. The van der Waals surface area contributed by atoms with Gasteiger partial charge in [0.1, 0.15) is 0 Å². The van der Waals surface area contributed by atoms with Gasteiger partial charge in [0.15, 0.2) is 0 Å². The average Bonchev–Trinajstić information content (AvgIpc) is 2.97. The molecule has 2 heteroatoms. The van der Waals surface area contributed by atoms with Crippen LogP contribution in [0.2, 0.25) is 0 Å². The number of hydrogen-bond donors (Lipinski definition) is 1. The van der Waals surface area contributed by atoms with E-state index in [0.717, 1.165) is 35.5 Å². The summed E-state index contributed by atoms with van der Waals surface area (Å²) in [5.74, 6) is 5.39. The minimum atomic E-state index is -0.566. The van der Waals surface area contributed by atoms with Crippen molar-refractivity contribution in [3.8, 4) is 0 Å². The van der Waals surface area contributed by atoms with Crippen molar-refractivity contribution in [2.45, 2.75) is 71.1 Å². The molecule has 4 fully saturated rings. The second-order valence-electron chi connectivity index (χ2n) is 8.89. The minimum Gasteiger partial charge on any atom is -0.481 e. The third-order valence-electron chi connectivity index (χ3n) is 8.29. The van der Waals surface area contributed by atoms with Crippen LogP contribution in [-0.4, -0.2) is 11.1 Å². The first-order valence-electron chi connectivity index (χ1n) is 9.89. The predicted molar refractivity (Wildman–Crippen MR) is 87.4 cm³/mol. The van der Waals surface area contributed by atoms with Gasteiger partial charge in [-0.3, -0.25) is 4.79 Å². The maximum Gasteiger partial charge on any atom is 0.306 e. The summed E-state index contributed by atoms with van der Waals surface area (Å²) in [5.41, 5.74) is 0. The summed E-state index contributed by atoms with van der Waals surface area (Å²) < 4.78 is 0. The summed E-state index contributed by atoms with van der Waals surface area (Å²) in [4.78, 5) is 11.4. The van der Waals surface area contributed by atoms with E-state index in [1.165, 1.54) is 64.2 Å². The van der Waals surface area contributed by atoms with Crippen LogP contribution in [0.4, 0.5) is 0 Å². The van der Waals surface area contributed by atoms with Crippen LogP contribution in [0.15, 0.2) is 0 Å². The van der Waals surface area contributed by atoms with Gasteiger partial charge in [0.25, 0.3) is 0 Å². The molecule has 4 aliphatic carbocycles. The van der Waals surface area contributed by atoms with Gasteiger partial charge in [-0.15, -0.1) is 0 Å². The Labute approximate surface area is 135 Å². The molecule has 22 heavy (non-hydrogen) atoms. The van der Waals surface area contributed by atoms with Crippen molar-refractivity contribution in [1.29, 1.82) is 0 Å². The molecule has 0 aromatic carbocycles. The summed E-state index contributed by atoms with van der Waals surface area (Å²) >= 11 is 0. The molecule has 4 aliphatic rings. The molecule has 0 spiro atoms. The summed E-state index contributed by atoms with van der Waals surface area (Å²) in [6, 6.07) is 0. The van der Waals surface area contributed by atoms with E-state index in [-0.39, 0.29) is 5.92 Å². The van der Waals surface area contributed by atoms with Crippen LogP contribution >= 0.6 is 0 Å². The number of carboxylic acid groups (broad SMARTS) is 1. The van der Waals surface area contributed by atoms with Crippen LogP contribution in [0.25, 0.3) is 0 Å². The molecule has 124 valence electrons. The Balaban J connectivity index is 1.50. The first kappa shape index (κ1) is 15.0. The Morgan fingerprint density at radius 1 is 0.773 bits per heavy atom. The summed E-state index contributed by atoms with van der Waals surface area (Å²) in [5, 5.41) is 9.42. The zero-order chi connectivity index (χ0) is 15.3. The van der Waals surface area contributed by atoms with E-state index < -0.39 is 5.97 Å². The second kappa shape index (κ2) is 5.83. The Bertz CT molecular complexity index is 431. The molecule has 0 aliphatic heterocycles. The topological polar surface area (TPSA) is 37.3 Å². The third kappa shape index (κ3) is 2.32. The lowest BCUT2D eigenvalue weighted by molar-refractivity contribution is -0.144. The molecule has 4 rings (SSSR count). The zero-order valence-electron chi connectivity index (χ0n) is 14.0. The van der Waals surface area contributed by atoms with E-state index in [2.05, 4.69) is 0 Å². The van der Waals surface area contributed by atoms with Gasteiger partial charge < -0.3 is 5.11 Å². The van der Waals surface area contributed by atoms with Crippen LogP contribution in [-0.2, 0) is 4.79 Å². The maximum absolute atomic E-state index is 11.4. The van der Waals surface area contributed by atoms with Crippen LogP contribution in [0.1, 0.15) is 71.1 Å². The van der Waals surface area contributed by atoms with E-state index in [4.69, 9.17) is 0 Å². The molecule has 0 heterocycles. The van der Waals surface area contributed by atoms with Gasteiger partial charge in [0, 0.05) is 0 Å². The fourth-order valence-corrected chi connectivity index (χ4v) is 7.34. The van der Waals surface area contributed by atoms with Crippen molar-refractivity contribution in [2.75, 3.05) is 0 Å². The van der Waals surface area contributed by atoms with Crippen LogP contribution < -0.4 is 0 Å². The first-order chi connectivity index (χ1) is 10.7. The van der Waals surface area contributed by atoms with Gasteiger partial charge in [0.2, 0.25) is 0 Å². The van der Waals surface area contributed by atoms with Crippen molar-refractivity contribution in [1.82, 2.24) is 0 Å². The molecule has 0 aromatic rings. The lowest BCUT2D eigenvalue weighted by atomic mass is 9.53. The number of carboxylic acids is 1. The molecule has 3 unspecified atom stereocenters. The monoisotopic (exact) mass is 304 g/mol. The summed E-state index contributed by atoms with van der Waals surface area (Å²) in [6.07, 6.45) is 14.1.